The number of hydrogen-bond donors (Lipinski definition) is 2. The number of carbonyl (C=O) groups excluding carboxylic acids is 3. The number of amides is 3. The predicted octanol–water partition coefficient (Wildman–Crippen LogP) is 3.33. The molecule has 0 bridgehead atoms. The quantitative estimate of drug-likeness (QED) is 0.757. The zero-order chi connectivity index (χ0) is 20.8. The van der Waals surface area contributed by atoms with E-state index in [0.29, 0.717) is 25.1 Å². The molecule has 29 heavy (non-hydrogen) atoms. The van der Waals surface area contributed by atoms with Crippen molar-refractivity contribution in [1.82, 2.24) is 10.2 Å². The molecule has 1 saturated heterocycles. The molecule has 0 radical (unpaired) electrons. The third-order valence-electron chi connectivity index (χ3n) is 4.93. The molecule has 0 unspecified atom stereocenters. The van der Waals surface area contributed by atoms with Crippen LogP contribution in [0.15, 0.2) is 48.5 Å². The summed E-state index contributed by atoms with van der Waals surface area (Å²) < 4.78 is 0. The molecule has 2 aromatic carbocycles. The maximum absolute atomic E-state index is 12.5. The molecule has 1 heterocycles. The highest BCUT2D eigenvalue weighted by atomic mass is 16.2. The van der Waals surface area contributed by atoms with Crippen molar-refractivity contribution >= 4 is 23.4 Å². The van der Waals surface area contributed by atoms with E-state index in [2.05, 4.69) is 10.6 Å². The summed E-state index contributed by atoms with van der Waals surface area (Å²) >= 11 is 0. The van der Waals surface area contributed by atoms with Crippen LogP contribution in [0.25, 0.3) is 0 Å². The molecule has 152 valence electrons. The normalized spacial score (nSPS) is 13.6. The average molecular weight is 393 g/mol. The SMILES string of the molecule is CC(C)C(=O)Nc1ccc(CNC(=O)c2cccc(CN3CCCC3=O)c2)cc1. The Kier molecular flexibility index (Phi) is 6.65. The van der Waals surface area contributed by atoms with Crippen LogP contribution in [0, 0.1) is 5.92 Å². The Hall–Kier alpha value is -3.15. The molecule has 0 spiro atoms. The number of anilines is 1. The number of carbonyl (C=O) groups is 3. The first-order valence-corrected chi connectivity index (χ1v) is 9.97. The first kappa shape index (κ1) is 20.6. The Morgan fingerprint density at radius 1 is 1.07 bits per heavy atom. The van der Waals surface area contributed by atoms with Crippen LogP contribution >= 0.6 is 0 Å². The summed E-state index contributed by atoms with van der Waals surface area (Å²) in [5, 5.41) is 5.76. The van der Waals surface area contributed by atoms with E-state index in [4.69, 9.17) is 0 Å². The second-order valence-electron chi connectivity index (χ2n) is 7.64. The van der Waals surface area contributed by atoms with Crippen molar-refractivity contribution < 1.29 is 14.4 Å². The Balaban J connectivity index is 1.54. The van der Waals surface area contributed by atoms with Gasteiger partial charge >= 0.3 is 0 Å². The molecule has 0 saturated carbocycles. The summed E-state index contributed by atoms with van der Waals surface area (Å²) in [6.45, 7) is 5.41. The van der Waals surface area contributed by atoms with E-state index in [1.54, 1.807) is 6.07 Å². The Morgan fingerprint density at radius 3 is 2.48 bits per heavy atom. The van der Waals surface area contributed by atoms with Crippen molar-refractivity contribution in [2.75, 3.05) is 11.9 Å². The highest BCUT2D eigenvalue weighted by molar-refractivity contribution is 5.94. The molecule has 3 rings (SSSR count). The summed E-state index contributed by atoms with van der Waals surface area (Å²) in [5.41, 5.74) is 3.22. The summed E-state index contributed by atoms with van der Waals surface area (Å²) in [4.78, 5) is 37.9. The van der Waals surface area contributed by atoms with Gasteiger partial charge in [0.2, 0.25) is 11.8 Å². The fourth-order valence-electron chi connectivity index (χ4n) is 3.18. The van der Waals surface area contributed by atoms with E-state index in [0.717, 1.165) is 29.8 Å². The molecule has 2 aromatic rings. The molecular formula is C23H27N3O3. The van der Waals surface area contributed by atoms with Gasteiger partial charge in [0, 0.05) is 43.2 Å². The van der Waals surface area contributed by atoms with Gasteiger partial charge in [-0.1, -0.05) is 38.1 Å². The molecule has 6 heteroatoms. The third kappa shape index (κ3) is 5.67. The molecule has 1 fully saturated rings. The van der Waals surface area contributed by atoms with Crippen molar-refractivity contribution in [2.24, 2.45) is 5.92 Å². The van der Waals surface area contributed by atoms with Crippen molar-refractivity contribution in [3.8, 4) is 0 Å². The predicted molar refractivity (Wildman–Crippen MR) is 112 cm³/mol. The molecule has 0 aliphatic carbocycles. The Morgan fingerprint density at radius 2 is 1.83 bits per heavy atom. The minimum absolute atomic E-state index is 0.0263. The Bertz CT molecular complexity index is 890. The zero-order valence-corrected chi connectivity index (χ0v) is 16.9. The first-order valence-electron chi connectivity index (χ1n) is 9.97. The lowest BCUT2D eigenvalue weighted by Crippen LogP contribution is -2.25. The highest BCUT2D eigenvalue weighted by Crippen LogP contribution is 2.16. The summed E-state index contributed by atoms with van der Waals surface area (Å²) in [6.07, 6.45) is 1.51. The van der Waals surface area contributed by atoms with Crippen molar-refractivity contribution in [3.63, 3.8) is 0 Å². The maximum atomic E-state index is 12.5. The van der Waals surface area contributed by atoms with Crippen LogP contribution in [0.4, 0.5) is 5.69 Å². The lowest BCUT2D eigenvalue weighted by Gasteiger charge is -2.16. The van der Waals surface area contributed by atoms with Gasteiger partial charge < -0.3 is 15.5 Å². The van der Waals surface area contributed by atoms with Crippen LogP contribution in [-0.4, -0.2) is 29.2 Å². The van der Waals surface area contributed by atoms with Crippen LogP contribution < -0.4 is 10.6 Å². The monoisotopic (exact) mass is 393 g/mol. The van der Waals surface area contributed by atoms with Gasteiger partial charge in [0.15, 0.2) is 0 Å². The number of likely N-dealkylation sites (tertiary alicyclic amines) is 1. The van der Waals surface area contributed by atoms with Gasteiger partial charge in [-0.05, 0) is 41.8 Å². The first-order chi connectivity index (χ1) is 13.9. The van der Waals surface area contributed by atoms with Gasteiger partial charge in [-0.25, -0.2) is 0 Å². The van der Waals surface area contributed by atoms with Gasteiger partial charge in [0.05, 0.1) is 0 Å². The molecule has 2 N–H and O–H groups in total. The molecule has 3 amide bonds. The fourth-order valence-corrected chi connectivity index (χ4v) is 3.18. The van der Waals surface area contributed by atoms with Gasteiger partial charge in [0.25, 0.3) is 5.91 Å². The molecule has 1 aliphatic rings. The van der Waals surface area contributed by atoms with Crippen molar-refractivity contribution in [2.45, 2.75) is 39.8 Å². The largest absolute Gasteiger partial charge is 0.348 e. The fraction of sp³-hybridized carbons (Fsp3) is 0.348. The van der Waals surface area contributed by atoms with Crippen LogP contribution in [0.5, 0.6) is 0 Å². The van der Waals surface area contributed by atoms with Crippen LogP contribution in [0.1, 0.15) is 48.2 Å². The smallest absolute Gasteiger partial charge is 0.251 e. The van der Waals surface area contributed by atoms with Crippen molar-refractivity contribution in [3.05, 3.63) is 65.2 Å². The Labute approximate surface area is 171 Å². The number of nitrogens with one attached hydrogen (secondary N) is 2. The summed E-state index contributed by atoms with van der Waals surface area (Å²) in [6, 6.07) is 14.8. The van der Waals surface area contributed by atoms with Crippen LogP contribution in [-0.2, 0) is 22.7 Å². The second kappa shape index (κ2) is 9.37. The molecule has 6 nitrogen and oxygen atoms in total. The van der Waals surface area contributed by atoms with Crippen LogP contribution in [0.3, 0.4) is 0 Å². The van der Waals surface area contributed by atoms with E-state index in [1.165, 1.54) is 0 Å². The van der Waals surface area contributed by atoms with Crippen molar-refractivity contribution in [1.29, 1.82) is 0 Å². The average Bonchev–Trinajstić information content (AvgIpc) is 3.11. The minimum atomic E-state index is -0.156. The number of hydrogen-bond acceptors (Lipinski definition) is 3. The molecule has 0 aromatic heterocycles. The van der Waals surface area contributed by atoms with Gasteiger partial charge in [0.1, 0.15) is 0 Å². The van der Waals surface area contributed by atoms with E-state index < -0.39 is 0 Å². The zero-order valence-electron chi connectivity index (χ0n) is 16.9. The number of rotatable bonds is 7. The van der Waals surface area contributed by atoms with E-state index in [1.807, 2.05) is 61.2 Å². The van der Waals surface area contributed by atoms with Crippen LogP contribution in [0.2, 0.25) is 0 Å². The molecule has 1 aliphatic heterocycles. The molecular weight excluding hydrogens is 366 g/mol. The van der Waals surface area contributed by atoms with E-state index in [-0.39, 0.29) is 23.6 Å². The van der Waals surface area contributed by atoms with E-state index in [9.17, 15) is 14.4 Å². The number of nitrogens with zero attached hydrogens (tertiary/aromatic N) is 1. The van der Waals surface area contributed by atoms with Gasteiger partial charge in [-0.2, -0.15) is 0 Å². The molecule has 0 atom stereocenters. The maximum Gasteiger partial charge on any atom is 0.251 e. The summed E-state index contributed by atoms with van der Waals surface area (Å²) in [5.74, 6) is -0.0837. The minimum Gasteiger partial charge on any atom is -0.348 e. The highest BCUT2D eigenvalue weighted by Gasteiger charge is 2.20. The topological polar surface area (TPSA) is 78.5 Å². The third-order valence-corrected chi connectivity index (χ3v) is 4.93. The second-order valence-corrected chi connectivity index (χ2v) is 7.64. The van der Waals surface area contributed by atoms with Gasteiger partial charge in [-0.3, -0.25) is 14.4 Å². The lowest BCUT2D eigenvalue weighted by molar-refractivity contribution is -0.128. The lowest BCUT2D eigenvalue weighted by atomic mass is 10.1. The number of benzene rings is 2. The summed E-state index contributed by atoms with van der Waals surface area (Å²) in [7, 11) is 0. The van der Waals surface area contributed by atoms with E-state index >= 15 is 0 Å². The van der Waals surface area contributed by atoms with Gasteiger partial charge in [-0.15, -0.1) is 0 Å². The standard InChI is InChI=1S/C23H27N3O3/c1-16(2)22(28)25-20-10-8-17(9-11-20)14-24-23(29)19-6-3-5-18(13-19)15-26-12-4-7-21(26)27/h3,5-6,8-11,13,16H,4,7,12,14-15H2,1-2H3,(H,24,29)(H,25,28).